The molecule has 2 aromatic rings. The molecule has 2 nitrogen and oxygen atoms in total. The van der Waals surface area contributed by atoms with Crippen molar-refractivity contribution in [2.75, 3.05) is 11.9 Å². The van der Waals surface area contributed by atoms with E-state index in [1.165, 1.54) is 12.1 Å². The van der Waals surface area contributed by atoms with E-state index in [-0.39, 0.29) is 5.82 Å². The fourth-order valence-corrected chi connectivity index (χ4v) is 2.17. The Morgan fingerprint density at radius 3 is 2.69 bits per heavy atom. The molecule has 0 saturated heterocycles. The van der Waals surface area contributed by atoms with Gasteiger partial charge in [-0.05, 0) is 31.2 Å². The lowest BCUT2D eigenvalue weighted by molar-refractivity contribution is 0.628. The summed E-state index contributed by atoms with van der Waals surface area (Å²) in [6.45, 7) is 2.81. The molecule has 0 unspecified atom stereocenters. The minimum Gasteiger partial charge on any atom is -0.385 e. The van der Waals surface area contributed by atoms with Crippen molar-refractivity contribution in [2.45, 2.75) is 13.3 Å². The van der Waals surface area contributed by atoms with Gasteiger partial charge in [0, 0.05) is 29.7 Å². The predicted octanol–water partition coefficient (Wildman–Crippen LogP) is 3.25. The highest BCUT2D eigenvalue weighted by Crippen LogP contribution is 2.11. The van der Waals surface area contributed by atoms with Crippen molar-refractivity contribution in [3.63, 3.8) is 0 Å². The summed E-state index contributed by atoms with van der Waals surface area (Å²) in [5, 5.41) is 6.41. The number of hydrogen-bond acceptors (Lipinski definition) is 3. The fraction of sp³-hybridized carbons (Fsp3) is 0.250. The van der Waals surface area contributed by atoms with Gasteiger partial charge in [-0.25, -0.2) is 9.37 Å². The molecule has 16 heavy (non-hydrogen) atoms. The van der Waals surface area contributed by atoms with Crippen LogP contribution in [0.2, 0.25) is 0 Å². The molecule has 0 aliphatic carbocycles. The maximum Gasteiger partial charge on any atom is 0.123 e. The van der Waals surface area contributed by atoms with Gasteiger partial charge in [-0.1, -0.05) is 0 Å². The first-order valence-electron chi connectivity index (χ1n) is 5.14. The molecule has 1 N–H and O–H groups in total. The molecule has 1 aromatic heterocycles. The highest BCUT2D eigenvalue weighted by atomic mass is 32.1. The van der Waals surface area contributed by atoms with E-state index in [1.807, 2.05) is 12.3 Å². The van der Waals surface area contributed by atoms with Gasteiger partial charge >= 0.3 is 0 Å². The summed E-state index contributed by atoms with van der Waals surface area (Å²) in [5.41, 5.74) is 2.01. The van der Waals surface area contributed by atoms with Gasteiger partial charge in [-0.2, -0.15) is 0 Å². The number of anilines is 1. The number of aromatic nitrogens is 1. The summed E-state index contributed by atoms with van der Waals surface area (Å²) in [5.74, 6) is -0.207. The molecule has 1 heterocycles. The molecular weight excluding hydrogens is 223 g/mol. The van der Waals surface area contributed by atoms with Crippen LogP contribution in [0.4, 0.5) is 10.1 Å². The zero-order valence-corrected chi connectivity index (χ0v) is 9.85. The van der Waals surface area contributed by atoms with Crippen LogP contribution >= 0.6 is 11.3 Å². The van der Waals surface area contributed by atoms with E-state index >= 15 is 0 Å². The molecule has 0 amide bonds. The van der Waals surface area contributed by atoms with Crippen LogP contribution in [0.25, 0.3) is 0 Å². The molecule has 0 aliphatic heterocycles. The first-order chi connectivity index (χ1) is 7.74. The van der Waals surface area contributed by atoms with Crippen LogP contribution in [-0.4, -0.2) is 11.5 Å². The Kier molecular flexibility index (Phi) is 3.51. The second-order valence-corrected chi connectivity index (χ2v) is 4.51. The van der Waals surface area contributed by atoms with E-state index in [4.69, 9.17) is 0 Å². The average Bonchev–Trinajstić information content (AvgIpc) is 2.67. The Labute approximate surface area is 98.2 Å². The van der Waals surface area contributed by atoms with Crippen LogP contribution in [0.3, 0.4) is 0 Å². The Morgan fingerprint density at radius 2 is 2.06 bits per heavy atom. The zero-order chi connectivity index (χ0) is 11.4. The maximum absolute atomic E-state index is 12.6. The normalized spacial score (nSPS) is 10.4. The van der Waals surface area contributed by atoms with E-state index in [2.05, 4.69) is 10.3 Å². The fourth-order valence-electron chi connectivity index (χ4n) is 1.40. The molecular formula is C12H13FN2S. The topological polar surface area (TPSA) is 24.9 Å². The van der Waals surface area contributed by atoms with Crippen molar-refractivity contribution in [2.24, 2.45) is 0 Å². The smallest absolute Gasteiger partial charge is 0.123 e. The molecule has 1 aromatic carbocycles. The molecule has 0 aliphatic rings. The second kappa shape index (κ2) is 5.07. The number of benzene rings is 1. The van der Waals surface area contributed by atoms with Gasteiger partial charge in [-0.15, -0.1) is 11.3 Å². The molecule has 0 fully saturated rings. The number of nitrogens with zero attached hydrogens (tertiary/aromatic N) is 1. The Hall–Kier alpha value is -1.42. The summed E-state index contributed by atoms with van der Waals surface area (Å²) < 4.78 is 12.6. The lowest BCUT2D eigenvalue weighted by Crippen LogP contribution is -2.04. The van der Waals surface area contributed by atoms with Crippen LogP contribution in [0.1, 0.15) is 10.7 Å². The van der Waals surface area contributed by atoms with E-state index in [0.29, 0.717) is 0 Å². The number of nitrogens with one attached hydrogen (secondary N) is 1. The molecule has 0 bridgehead atoms. The molecule has 84 valence electrons. The standard InChI is InChI=1S/C12H13FN2S/c1-9-8-16-12(15-9)6-7-14-11-4-2-10(13)3-5-11/h2-5,8,14H,6-7H2,1H3. The van der Waals surface area contributed by atoms with Crippen LogP contribution in [0.5, 0.6) is 0 Å². The van der Waals surface area contributed by atoms with Crippen LogP contribution in [0, 0.1) is 12.7 Å². The monoisotopic (exact) mass is 236 g/mol. The van der Waals surface area contributed by atoms with E-state index < -0.39 is 0 Å². The Balaban J connectivity index is 1.82. The quantitative estimate of drug-likeness (QED) is 0.881. The SMILES string of the molecule is Cc1csc(CCNc2ccc(F)cc2)n1. The van der Waals surface area contributed by atoms with E-state index in [9.17, 15) is 4.39 Å². The van der Waals surface area contributed by atoms with Crippen LogP contribution in [0.15, 0.2) is 29.6 Å². The molecule has 0 radical (unpaired) electrons. The van der Waals surface area contributed by atoms with Crippen molar-refractivity contribution < 1.29 is 4.39 Å². The Bertz CT molecular complexity index is 450. The summed E-state index contributed by atoms with van der Waals surface area (Å²) in [4.78, 5) is 4.37. The number of rotatable bonds is 4. The molecule has 2 rings (SSSR count). The lowest BCUT2D eigenvalue weighted by atomic mass is 10.3. The van der Waals surface area contributed by atoms with Crippen molar-refractivity contribution in [1.29, 1.82) is 0 Å². The minimum absolute atomic E-state index is 0.207. The molecule has 0 spiro atoms. The van der Waals surface area contributed by atoms with Crippen LogP contribution < -0.4 is 5.32 Å². The van der Waals surface area contributed by atoms with Crippen molar-refractivity contribution in [3.05, 3.63) is 46.2 Å². The van der Waals surface area contributed by atoms with Gasteiger partial charge in [0.15, 0.2) is 0 Å². The van der Waals surface area contributed by atoms with Crippen molar-refractivity contribution in [3.8, 4) is 0 Å². The summed E-state index contributed by atoms with van der Waals surface area (Å²) in [6.07, 6.45) is 0.899. The third kappa shape index (κ3) is 3.03. The van der Waals surface area contributed by atoms with E-state index in [1.54, 1.807) is 23.5 Å². The van der Waals surface area contributed by atoms with Crippen molar-refractivity contribution in [1.82, 2.24) is 4.98 Å². The number of hydrogen-bond donors (Lipinski definition) is 1. The number of halogens is 1. The van der Waals surface area contributed by atoms with Crippen molar-refractivity contribution >= 4 is 17.0 Å². The highest BCUT2D eigenvalue weighted by Gasteiger charge is 1.98. The predicted molar refractivity (Wildman–Crippen MR) is 65.4 cm³/mol. The maximum atomic E-state index is 12.6. The molecule has 0 saturated carbocycles. The number of aryl methyl sites for hydroxylation is 1. The van der Waals surface area contributed by atoms with Gasteiger partial charge in [0.2, 0.25) is 0 Å². The second-order valence-electron chi connectivity index (χ2n) is 3.57. The third-order valence-corrected chi connectivity index (χ3v) is 3.21. The lowest BCUT2D eigenvalue weighted by Gasteiger charge is -2.04. The largest absolute Gasteiger partial charge is 0.385 e. The van der Waals surface area contributed by atoms with Gasteiger partial charge in [0.25, 0.3) is 0 Å². The minimum atomic E-state index is -0.207. The molecule has 4 heteroatoms. The van der Waals surface area contributed by atoms with Gasteiger partial charge in [-0.3, -0.25) is 0 Å². The summed E-state index contributed by atoms with van der Waals surface area (Å²) >= 11 is 1.68. The van der Waals surface area contributed by atoms with Gasteiger partial charge in [0.05, 0.1) is 5.01 Å². The summed E-state index contributed by atoms with van der Waals surface area (Å²) in [7, 11) is 0. The van der Waals surface area contributed by atoms with Crippen LogP contribution in [-0.2, 0) is 6.42 Å². The third-order valence-electron chi connectivity index (χ3n) is 2.18. The summed E-state index contributed by atoms with van der Waals surface area (Å²) in [6, 6.07) is 6.39. The Morgan fingerprint density at radius 1 is 1.31 bits per heavy atom. The first kappa shape index (κ1) is 11.1. The van der Waals surface area contributed by atoms with E-state index in [0.717, 1.165) is 29.4 Å². The number of thiazole rings is 1. The molecule has 0 atom stereocenters. The zero-order valence-electron chi connectivity index (χ0n) is 9.03. The first-order valence-corrected chi connectivity index (χ1v) is 6.02. The van der Waals surface area contributed by atoms with Gasteiger partial charge < -0.3 is 5.32 Å². The van der Waals surface area contributed by atoms with Gasteiger partial charge in [0.1, 0.15) is 5.82 Å². The highest BCUT2D eigenvalue weighted by molar-refractivity contribution is 7.09. The average molecular weight is 236 g/mol.